The van der Waals surface area contributed by atoms with Gasteiger partial charge >= 0.3 is 0 Å². The van der Waals surface area contributed by atoms with Gasteiger partial charge in [-0.05, 0) is 55.0 Å². The highest BCUT2D eigenvalue weighted by atomic mass is 32.2. The van der Waals surface area contributed by atoms with Crippen molar-refractivity contribution in [2.45, 2.75) is 37.1 Å². The maximum Gasteiger partial charge on any atom is 0.252 e. The molecule has 1 aliphatic carbocycles. The van der Waals surface area contributed by atoms with E-state index >= 15 is 0 Å². The molecule has 0 radical (unpaired) electrons. The Labute approximate surface area is 155 Å². The van der Waals surface area contributed by atoms with Gasteiger partial charge in [0.05, 0.1) is 10.9 Å². The van der Waals surface area contributed by atoms with Crippen molar-refractivity contribution in [2.75, 3.05) is 14.1 Å². The number of fused-ring (bicyclic) bond motifs is 1. The minimum absolute atomic E-state index is 0.0408. The Hall–Kier alpha value is -2.18. The molecule has 0 fully saturated rings. The van der Waals surface area contributed by atoms with Crippen LogP contribution in [0.3, 0.4) is 0 Å². The lowest BCUT2D eigenvalue weighted by Gasteiger charge is -2.26. The molecule has 1 N–H and O–H groups in total. The Kier molecular flexibility index (Phi) is 5.16. The van der Waals surface area contributed by atoms with Crippen LogP contribution in [0.1, 0.15) is 45.9 Å². The van der Waals surface area contributed by atoms with Gasteiger partial charge in [0.2, 0.25) is 10.0 Å². The molecule has 6 heteroatoms. The Balaban J connectivity index is 1.90. The van der Waals surface area contributed by atoms with E-state index in [0.717, 1.165) is 34.7 Å². The molecule has 0 spiro atoms. The van der Waals surface area contributed by atoms with Crippen LogP contribution in [0.5, 0.6) is 0 Å². The van der Waals surface area contributed by atoms with E-state index in [0.29, 0.717) is 5.56 Å². The molecule has 26 heavy (non-hydrogen) atoms. The molecule has 3 rings (SSSR count). The topological polar surface area (TPSA) is 66.5 Å². The van der Waals surface area contributed by atoms with E-state index in [4.69, 9.17) is 0 Å². The van der Waals surface area contributed by atoms with Gasteiger partial charge in [0.15, 0.2) is 0 Å². The van der Waals surface area contributed by atoms with Crippen LogP contribution in [0.2, 0.25) is 0 Å². The van der Waals surface area contributed by atoms with Gasteiger partial charge in [-0.15, -0.1) is 0 Å². The van der Waals surface area contributed by atoms with Crippen LogP contribution in [0.4, 0.5) is 0 Å². The number of nitrogens with one attached hydrogen (secondary N) is 1. The number of nitrogens with zero attached hydrogens (tertiary/aromatic N) is 1. The van der Waals surface area contributed by atoms with E-state index < -0.39 is 10.0 Å². The van der Waals surface area contributed by atoms with Gasteiger partial charge in [0, 0.05) is 19.7 Å². The molecular formula is C20H24N2O3S. The molecule has 5 nitrogen and oxygen atoms in total. The molecule has 1 amide bonds. The molecule has 0 aromatic heterocycles. The molecule has 0 unspecified atom stereocenters. The number of rotatable bonds is 4. The number of carbonyl (C=O) groups excluding carboxylic acids is 1. The van der Waals surface area contributed by atoms with Crippen LogP contribution in [0, 0.1) is 6.92 Å². The van der Waals surface area contributed by atoms with E-state index in [2.05, 4.69) is 17.4 Å². The largest absolute Gasteiger partial charge is 0.345 e. The monoisotopic (exact) mass is 372 g/mol. The summed E-state index contributed by atoms with van der Waals surface area (Å²) in [4.78, 5) is 13.0. The lowest BCUT2D eigenvalue weighted by molar-refractivity contribution is 0.0932. The fourth-order valence-corrected chi connectivity index (χ4v) is 4.29. The quantitative estimate of drug-likeness (QED) is 0.897. The number of benzene rings is 2. The predicted octanol–water partition coefficient (Wildman–Crippen LogP) is 3.05. The molecule has 2 aromatic carbocycles. The maximum atomic E-state index is 12.9. The summed E-state index contributed by atoms with van der Waals surface area (Å²) in [6.45, 7) is 1.82. The Morgan fingerprint density at radius 1 is 1.15 bits per heavy atom. The molecule has 1 atom stereocenters. The molecule has 0 saturated carbocycles. The summed E-state index contributed by atoms with van der Waals surface area (Å²) in [7, 11) is -0.618. The van der Waals surface area contributed by atoms with Crippen molar-refractivity contribution in [2.24, 2.45) is 0 Å². The highest BCUT2D eigenvalue weighted by Gasteiger charge is 2.24. The molecule has 0 bridgehead atoms. The standard InChI is InChI=1S/C20H24N2O3S/c1-14-11-12-16(26(24,25)22(2)3)13-18(14)20(23)21-19-10-6-8-15-7-4-5-9-17(15)19/h4-5,7,9,11-13,19H,6,8,10H2,1-3H3,(H,21,23)/t19-/m0/s1. The van der Waals surface area contributed by atoms with Gasteiger partial charge in [-0.25, -0.2) is 12.7 Å². The van der Waals surface area contributed by atoms with Crippen molar-refractivity contribution in [1.29, 1.82) is 0 Å². The first-order valence-electron chi connectivity index (χ1n) is 8.72. The predicted molar refractivity (Wildman–Crippen MR) is 102 cm³/mol. The molecule has 0 saturated heterocycles. The van der Waals surface area contributed by atoms with Gasteiger partial charge < -0.3 is 5.32 Å². The summed E-state index contributed by atoms with van der Waals surface area (Å²) < 4.78 is 25.9. The SMILES string of the molecule is Cc1ccc(S(=O)(=O)N(C)C)cc1C(=O)N[C@H]1CCCc2ccccc21. The van der Waals surface area contributed by atoms with E-state index in [-0.39, 0.29) is 16.8 Å². The van der Waals surface area contributed by atoms with Crippen molar-refractivity contribution < 1.29 is 13.2 Å². The molecule has 0 heterocycles. The highest BCUT2D eigenvalue weighted by molar-refractivity contribution is 7.89. The number of aryl methyl sites for hydroxylation is 2. The summed E-state index contributed by atoms with van der Waals surface area (Å²) in [5, 5.41) is 3.09. The summed E-state index contributed by atoms with van der Waals surface area (Å²) in [5.41, 5.74) is 3.58. The molecule has 2 aromatic rings. The Bertz CT molecular complexity index is 936. The zero-order chi connectivity index (χ0) is 18.9. The van der Waals surface area contributed by atoms with Gasteiger partial charge in [-0.1, -0.05) is 30.3 Å². The summed E-state index contributed by atoms with van der Waals surface area (Å²) in [6.07, 6.45) is 2.94. The first-order chi connectivity index (χ1) is 12.3. The van der Waals surface area contributed by atoms with Crippen LogP contribution in [-0.2, 0) is 16.4 Å². The van der Waals surface area contributed by atoms with Crippen LogP contribution in [0.25, 0.3) is 0 Å². The fourth-order valence-electron chi connectivity index (χ4n) is 3.36. The third-order valence-electron chi connectivity index (χ3n) is 4.91. The third kappa shape index (κ3) is 3.52. The normalized spacial score (nSPS) is 17.0. The van der Waals surface area contributed by atoms with Crippen LogP contribution in [0.15, 0.2) is 47.4 Å². The number of sulfonamides is 1. The van der Waals surface area contributed by atoms with Gasteiger partial charge in [-0.3, -0.25) is 4.79 Å². The molecular weight excluding hydrogens is 348 g/mol. The third-order valence-corrected chi connectivity index (χ3v) is 6.72. The summed E-state index contributed by atoms with van der Waals surface area (Å²) in [6, 6.07) is 12.8. The lowest BCUT2D eigenvalue weighted by Crippen LogP contribution is -2.31. The average molecular weight is 372 g/mol. The molecule has 1 aliphatic rings. The minimum atomic E-state index is -3.58. The first-order valence-corrected chi connectivity index (χ1v) is 10.2. The van der Waals surface area contributed by atoms with Gasteiger partial charge in [0.1, 0.15) is 0 Å². The number of hydrogen-bond acceptors (Lipinski definition) is 3. The number of hydrogen-bond donors (Lipinski definition) is 1. The van der Waals surface area contributed by atoms with Crippen molar-refractivity contribution in [3.05, 3.63) is 64.7 Å². The number of amides is 1. The fraction of sp³-hybridized carbons (Fsp3) is 0.350. The van der Waals surface area contributed by atoms with E-state index in [1.807, 2.05) is 19.1 Å². The smallest absolute Gasteiger partial charge is 0.252 e. The van der Waals surface area contributed by atoms with E-state index in [9.17, 15) is 13.2 Å². The highest BCUT2D eigenvalue weighted by Crippen LogP contribution is 2.30. The molecule has 138 valence electrons. The second-order valence-electron chi connectivity index (χ2n) is 6.88. The molecule has 0 aliphatic heterocycles. The van der Waals surface area contributed by atoms with Crippen molar-refractivity contribution in [3.63, 3.8) is 0 Å². The lowest BCUT2D eigenvalue weighted by atomic mass is 9.87. The van der Waals surface area contributed by atoms with Crippen LogP contribution < -0.4 is 5.32 Å². The second-order valence-corrected chi connectivity index (χ2v) is 9.03. The zero-order valence-corrected chi connectivity index (χ0v) is 16.1. The van der Waals surface area contributed by atoms with Crippen molar-refractivity contribution in [3.8, 4) is 0 Å². The van der Waals surface area contributed by atoms with E-state index in [1.54, 1.807) is 6.07 Å². The Morgan fingerprint density at radius 2 is 1.88 bits per heavy atom. The van der Waals surface area contributed by atoms with Crippen LogP contribution >= 0.6 is 0 Å². The summed E-state index contributed by atoms with van der Waals surface area (Å²) >= 11 is 0. The minimum Gasteiger partial charge on any atom is -0.345 e. The maximum absolute atomic E-state index is 12.9. The van der Waals surface area contributed by atoms with Gasteiger partial charge in [0.25, 0.3) is 5.91 Å². The van der Waals surface area contributed by atoms with Gasteiger partial charge in [-0.2, -0.15) is 0 Å². The zero-order valence-electron chi connectivity index (χ0n) is 15.3. The van der Waals surface area contributed by atoms with Crippen molar-refractivity contribution in [1.82, 2.24) is 9.62 Å². The number of carbonyl (C=O) groups is 1. The first kappa shape index (κ1) is 18.6. The van der Waals surface area contributed by atoms with Crippen molar-refractivity contribution >= 4 is 15.9 Å². The van der Waals surface area contributed by atoms with E-state index in [1.165, 1.54) is 31.8 Å². The average Bonchev–Trinajstić information content (AvgIpc) is 2.62. The summed E-state index contributed by atoms with van der Waals surface area (Å²) in [5.74, 6) is -0.236. The second kappa shape index (κ2) is 7.21. The Morgan fingerprint density at radius 3 is 2.62 bits per heavy atom. The van der Waals surface area contributed by atoms with Crippen LogP contribution in [-0.4, -0.2) is 32.7 Å².